The van der Waals surface area contributed by atoms with Gasteiger partial charge in [0.2, 0.25) is 0 Å². The van der Waals surface area contributed by atoms with E-state index >= 15 is 0 Å². The summed E-state index contributed by atoms with van der Waals surface area (Å²) in [5.74, 6) is -2.11. The maximum Gasteiger partial charge on any atom is 0.573 e. The van der Waals surface area contributed by atoms with E-state index in [1.54, 1.807) is 0 Å². The number of rotatable bonds is 4. The summed E-state index contributed by atoms with van der Waals surface area (Å²) < 4.78 is 45.2. The van der Waals surface area contributed by atoms with E-state index in [0.29, 0.717) is 0 Å². The van der Waals surface area contributed by atoms with Crippen molar-refractivity contribution in [3.63, 3.8) is 0 Å². The van der Waals surface area contributed by atoms with Gasteiger partial charge in [-0.1, -0.05) is 0 Å². The average molecular weight is 265 g/mol. The number of hydrogen-bond donors (Lipinski definition) is 1. The normalized spacial score (nSPS) is 11.2. The Bertz CT molecular complexity index is 459. The molecule has 18 heavy (non-hydrogen) atoms. The molecular formula is C10H10F3NO4. The molecule has 0 bridgehead atoms. The predicted molar refractivity (Wildman–Crippen MR) is 53.5 cm³/mol. The van der Waals surface area contributed by atoms with Crippen molar-refractivity contribution in [1.29, 1.82) is 0 Å². The molecule has 1 aromatic heterocycles. The van der Waals surface area contributed by atoms with Crippen LogP contribution in [0.15, 0.2) is 6.20 Å². The Morgan fingerprint density at radius 1 is 1.44 bits per heavy atom. The number of carboxylic acid groups (broad SMARTS) is 1. The fraction of sp³-hybridized carbons (Fsp3) is 0.400. The number of aliphatic carboxylic acids is 1. The molecule has 8 heteroatoms. The van der Waals surface area contributed by atoms with Gasteiger partial charge in [-0.25, -0.2) is 0 Å². The lowest BCUT2D eigenvalue weighted by Crippen LogP contribution is -2.19. The zero-order chi connectivity index (χ0) is 13.9. The van der Waals surface area contributed by atoms with Gasteiger partial charge in [-0.2, -0.15) is 0 Å². The van der Waals surface area contributed by atoms with Crippen LogP contribution in [0.1, 0.15) is 11.3 Å². The first-order valence-corrected chi connectivity index (χ1v) is 4.74. The SMILES string of the molecule is COc1c(CC(=O)O)cnc(C)c1OC(F)(F)F. The van der Waals surface area contributed by atoms with Crippen LogP contribution in [-0.4, -0.2) is 29.5 Å². The molecule has 0 saturated carbocycles. The first kappa shape index (κ1) is 14.1. The van der Waals surface area contributed by atoms with Gasteiger partial charge in [-0.05, 0) is 6.92 Å². The van der Waals surface area contributed by atoms with Gasteiger partial charge in [0, 0.05) is 11.8 Å². The van der Waals surface area contributed by atoms with Crippen LogP contribution in [0, 0.1) is 6.92 Å². The zero-order valence-corrected chi connectivity index (χ0v) is 9.54. The Balaban J connectivity index is 3.25. The zero-order valence-electron chi connectivity index (χ0n) is 9.54. The molecule has 0 aromatic carbocycles. The summed E-state index contributed by atoms with van der Waals surface area (Å²) in [6, 6.07) is 0. The smallest absolute Gasteiger partial charge is 0.492 e. The number of carboxylic acids is 1. The quantitative estimate of drug-likeness (QED) is 0.900. The fourth-order valence-corrected chi connectivity index (χ4v) is 1.35. The van der Waals surface area contributed by atoms with E-state index in [2.05, 4.69) is 9.72 Å². The Kier molecular flexibility index (Phi) is 4.00. The molecule has 0 aliphatic heterocycles. The second-order valence-corrected chi connectivity index (χ2v) is 3.35. The fourth-order valence-electron chi connectivity index (χ4n) is 1.35. The summed E-state index contributed by atoms with van der Waals surface area (Å²) in [7, 11) is 1.13. The van der Waals surface area contributed by atoms with Crippen LogP contribution in [0.2, 0.25) is 0 Å². The summed E-state index contributed by atoms with van der Waals surface area (Å²) in [6.45, 7) is 1.30. The highest BCUT2D eigenvalue weighted by Gasteiger charge is 2.34. The molecule has 0 fully saturated rings. The van der Waals surface area contributed by atoms with Gasteiger partial charge in [-0.3, -0.25) is 9.78 Å². The molecule has 0 aliphatic carbocycles. The van der Waals surface area contributed by atoms with Gasteiger partial charge < -0.3 is 14.6 Å². The van der Waals surface area contributed by atoms with Gasteiger partial charge >= 0.3 is 12.3 Å². The van der Waals surface area contributed by atoms with Crippen molar-refractivity contribution in [2.24, 2.45) is 0 Å². The molecule has 0 unspecified atom stereocenters. The van der Waals surface area contributed by atoms with Crippen molar-refractivity contribution in [2.45, 2.75) is 19.7 Å². The van der Waals surface area contributed by atoms with Gasteiger partial charge in [0.15, 0.2) is 11.5 Å². The Morgan fingerprint density at radius 3 is 2.50 bits per heavy atom. The van der Waals surface area contributed by atoms with E-state index in [-0.39, 0.29) is 17.0 Å². The van der Waals surface area contributed by atoms with Crippen molar-refractivity contribution in [3.8, 4) is 11.5 Å². The number of pyridine rings is 1. The third-order valence-electron chi connectivity index (χ3n) is 2.00. The maximum absolute atomic E-state index is 12.2. The molecule has 0 spiro atoms. The maximum atomic E-state index is 12.2. The molecule has 0 radical (unpaired) electrons. The first-order valence-electron chi connectivity index (χ1n) is 4.74. The van der Waals surface area contributed by atoms with Crippen molar-refractivity contribution in [3.05, 3.63) is 17.5 Å². The second-order valence-electron chi connectivity index (χ2n) is 3.35. The highest BCUT2D eigenvalue weighted by atomic mass is 19.4. The molecule has 1 heterocycles. The number of halogens is 3. The molecule has 0 amide bonds. The van der Waals surface area contributed by atoms with Crippen molar-refractivity contribution in [2.75, 3.05) is 7.11 Å². The summed E-state index contributed by atoms with van der Waals surface area (Å²) in [6.07, 6.45) is -4.27. The van der Waals surface area contributed by atoms with Crippen LogP contribution in [0.5, 0.6) is 11.5 Å². The van der Waals surface area contributed by atoms with E-state index in [0.717, 1.165) is 13.3 Å². The Morgan fingerprint density at radius 2 is 2.06 bits per heavy atom. The van der Waals surface area contributed by atoms with Crippen LogP contribution in [-0.2, 0) is 11.2 Å². The van der Waals surface area contributed by atoms with Gasteiger partial charge in [0.25, 0.3) is 0 Å². The van der Waals surface area contributed by atoms with E-state index in [4.69, 9.17) is 9.84 Å². The van der Waals surface area contributed by atoms with E-state index in [9.17, 15) is 18.0 Å². The Hall–Kier alpha value is -1.99. The summed E-state index contributed by atoms with van der Waals surface area (Å²) in [4.78, 5) is 14.2. The standard InChI is InChI=1S/C10H10F3NO4/c1-5-8(18-10(11,12)13)9(17-2)6(4-14-5)3-7(15)16/h4H,3H2,1-2H3,(H,15,16). The number of alkyl halides is 3. The summed E-state index contributed by atoms with van der Waals surface area (Å²) >= 11 is 0. The third-order valence-corrected chi connectivity index (χ3v) is 2.00. The molecule has 0 saturated heterocycles. The molecule has 1 aromatic rings. The monoisotopic (exact) mass is 265 g/mol. The van der Waals surface area contributed by atoms with E-state index in [1.807, 2.05) is 0 Å². The minimum absolute atomic E-state index is 0.00912. The van der Waals surface area contributed by atoms with Gasteiger partial charge in [0.1, 0.15) is 0 Å². The average Bonchev–Trinajstić information content (AvgIpc) is 2.20. The number of aromatic nitrogens is 1. The van der Waals surface area contributed by atoms with Crippen LogP contribution in [0.25, 0.3) is 0 Å². The third kappa shape index (κ3) is 3.51. The highest BCUT2D eigenvalue weighted by molar-refractivity contribution is 5.72. The highest BCUT2D eigenvalue weighted by Crippen LogP contribution is 2.37. The number of methoxy groups -OCH3 is 1. The minimum atomic E-state index is -4.90. The lowest BCUT2D eigenvalue weighted by atomic mass is 10.1. The minimum Gasteiger partial charge on any atom is -0.492 e. The van der Waals surface area contributed by atoms with Crippen LogP contribution in [0.3, 0.4) is 0 Å². The lowest BCUT2D eigenvalue weighted by Gasteiger charge is -2.16. The van der Waals surface area contributed by atoms with E-state index in [1.165, 1.54) is 6.92 Å². The van der Waals surface area contributed by atoms with Crippen LogP contribution in [0.4, 0.5) is 13.2 Å². The van der Waals surface area contributed by atoms with Gasteiger partial charge in [-0.15, -0.1) is 13.2 Å². The van der Waals surface area contributed by atoms with Crippen molar-refractivity contribution in [1.82, 2.24) is 4.98 Å². The molecule has 1 rings (SSSR count). The molecule has 0 aliphatic rings. The lowest BCUT2D eigenvalue weighted by molar-refractivity contribution is -0.275. The second kappa shape index (κ2) is 5.11. The molecule has 1 N–H and O–H groups in total. The first-order chi connectivity index (χ1) is 8.24. The number of hydrogen-bond acceptors (Lipinski definition) is 4. The summed E-state index contributed by atoms with van der Waals surface area (Å²) in [5.41, 5.74) is -0.0341. The van der Waals surface area contributed by atoms with Gasteiger partial charge in [0.05, 0.1) is 19.2 Å². The van der Waals surface area contributed by atoms with Crippen LogP contribution < -0.4 is 9.47 Å². The topological polar surface area (TPSA) is 68.7 Å². The molecular weight excluding hydrogens is 255 g/mol. The molecule has 0 atom stereocenters. The van der Waals surface area contributed by atoms with E-state index < -0.39 is 24.5 Å². The Labute approximate surface area is 100 Å². The molecule has 5 nitrogen and oxygen atoms in total. The van der Waals surface area contributed by atoms with Crippen LogP contribution >= 0.6 is 0 Å². The van der Waals surface area contributed by atoms with Crippen molar-refractivity contribution >= 4 is 5.97 Å². The number of nitrogens with zero attached hydrogens (tertiary/aromatic N) is 1. The van der Waals surface area contributed by atoms with Crippen molar-refractivity contribution < 1.29 is 32.5 Å². The number of carbonyl (C=O) groups is 1. The number of ether oxygens (including phenoxy) is 2. The largest absolute Gasteiger partial charge is 0.573 e. The summed E-state index contributed by atoms with van der Waals surface area (Å²) in [5, 5.41) is 8.63. The molecule has 100 valence electrons. The number of aryl methyl sites for hydroxylation is 1. The predicted octanol–water partition coefficient (Wildman–Crippen LogP) is 1.92.